The van der Waals surface area contributed by atoms with Crippen molar-refractivity contribution in [3.8, 4) is 0 Å². The number of nitrogens with one attached hydrogen (secondary N) is 1. The van der Waals surface area contributed by atoms with Crippen molar-refractivity contribution in [2.75, 3.05) is 40.9 Å². The molecule has 8 nitrogen and oxygen atoms in total. The molecule has 0 radical (unpaired) electrons. The average Bonchev–Trinajstić information content (AvgIpc) is 3.29. The predicted octanol–water partition coefficient (Wildman–Crippen LogP) is 14.7. The lowest BCUT2D eigenvalue weighted by atomic mass is 10.0. The minimum absolute atomic E-state index is 0.00252. The molecular weight excluding hydrogens is 852 g/mol. The Bertz CT molecular complexity index is 1590. The van der Waals surface area contributed by atoms with Crippen molar-refractivity contribution in [2.45, 2.75) is 174 Å². The van der Waals surface area contributed by atoms with Gasteiger partial charge in [-0.1, -0.05) is 198 Å². The van der Waals surface area contributed by atoms with E-state index in [1.807, 2.05) is 21.1 Å². The summed E-state index contributed by atoms with van der Waals surface area (Å²) in [4.78, 5) is 25.1. The van der Waals surface area contributed by atoms with Gasteiger partial charge in [0.1, 0.15) is 13.2 Å². The highest BCUT2D eigenvalue weighted by molar-refractivity contribution is 7.45. The first kappa shape index (κ1) is 63.4. The minimum Gasteiger partial charge on any atom is -0.756 e. The van der Waals surface area contributed by atoms with Crippen LogP contribution in [0.25, 0.3) is 0 Å². The van der Waals surface area contributed by atoms with E-state index in [1.54, 1.807) is 0 Å². The van der Waals surface area contributed by atoms with Gasteiger partial charge in [-0.2, -0.15) is 0 Å². The number of unbranched alkanes of at least 4 members (excludes halogenated alkanes) is 7. The molecule has 0 aromatic carbocycles. The molecule has 0 fully saturated rings. The second kappa shape index (κ2) is 47.4. The normalized spacial score (nSPS) is 15.3. The summed E-state index contributed by atoms with van der Waals surface area (Å²) in [7, 11) is 1.25. The SMILES string of the molecule is CC/C=C\C/C=C\C/C=C\C/C=C\C/C=C\C/C=C\C/C=C\C/C=C\C/C=C\C/C=C\C/C=C\C/C=C\CCCCCCC(=O)NC(COP(=O)([O-])OCC[N+](C)(C)C)C(O)CCCCCC. The number of carbonyl (C=O) groups is 1. The van der Waals surface area contributed by atoms with Crippen LogP contribution in [0.15, 0.2) is 146 Å². The van der Waals surface area contributed by atoms with Crippen molar-refractivity contribution in [1.82, 2.24) is 5.32 Å². The second-order valence-corrected chi connectivity index (χ2v) is 19.2. The highest BCUT2D eigenvalue weighted by atomic mass is 31.2. The average molecular weight is 947 g/mol. The number of allylic oxidation sites excluding steroid dienone is 24. The fourth-order valence-electron chi connectivity index (χ4n) is 6.31. The minimum atomic E-state index is -4.56. The molecule has 9 heteroatoms. The quantitative estimate of drug-likeness (QED) is 0.0273. The highest BCUT2D eigenvalue weighted by Gasteiger charge is 2.24. The summed E-state index contributed by atoms with van der Waals surface area (Å²) >= 11 is 0. The molecule has 1 amide bonds. The summed E-state index contributed by atoms with van der Waals surface area (Å²) in [6, 6.07) is -0.820. The smallest absolute Gasteiger partial charge is 0.268 e. The monoisotopic (exact) mass is 947 g/mol. The Kier molecular flexibility index (Phi) is 44.9. The summed E-state index contributed by atoms with van der Waals surface area (Å²) in [5.74, 6) is -0.206. The topological polar surface area (TPSA) is 108 Å². The number of rotatable bonds is 44. The molecule has 67 heavy (non-hydrogen) atoms. The van der Waals surface area contributed by atoms with Crippen LogP contribution in [-0.4, -0.2) is 68.5 Å². The van der Waals surface area contributed by atoms with Crippen LogP contribution in [0.4, 0.5) is 0 Å². The van der Waals surface area contributed by atoms with E-state index >= 15 is 0 Å². The highest BCUT2D eigenvalue weighted by Crippen LogP contribution is 2.38. The molecule has 0 saturated carbocycles. The lowest BCUT2D eigenvalue weighted by Gasteiger charge is -2.30. The molecule has 0 aliphatic heterocycles. The lowest BCUT2D eigenvalue weighted by Crippen LogP contribution is -2.46. The number of nitrogens with zero attached hydrogens (tertiary/aromatic N) is 1. The van der Waals surface area contributed by atoms with Crippen LogP contribution in [0.1, 0.15) is 162 Å². The van der Waals surface area contributed by atoms with Gasteiger partial charge in [-0.25, -0.2) is 0 Å². The van der Waals surface area contributed by atoms with Gasteiger partial charge in [0.05, 0.1) is 39.9 Å². The van der Waals surface area contributed by atoms with E-state index < -0.39 is 20.0 Å². The summed E-state index contributed by atoms with van der Waals surface area (Å²) < 4.78 is 23.0. The molecule has 378 valence electrons. The van der Waals surface area contributed by atoms with E-state index in [0.29, 0.717) is 23.9 Å². The third-order valence-corrected chi connectivity index (χ3v) is 11.3. The molecule has 0 aliphatic carbocycles. The van der Waals surface area contributed by atoms with E-state index in [1.165, 1.54) is 0 Å². The first-order chi connectivity index (χ1) is 32.5. The van der Waals surface area contributed by atoms with Gasteiger partial charge in [0, 0.05) is 6.42 Å². The number of phosphoric ester groups is 1. The summed E-state index contributed by atoms with van der Waals surface area (Å²) in [5, 5.41) is 13.6. The Morgan fingerprint density at radius 2 is 0.910 bits per heavy atom. The molecule has 0 aliphatic rings. The molecule has 0 aromatic rings. The number of hydrogen-bond acceptors (Lipinski definition) is 6. The summed E-state index contributed by atoms with van der Waals surface area (Å²) in [5.41, 5.74) is 0. The molecule has 3 atom stereocenters. The van der Waals surface area contributed by atoms with Crippen molar-refractivity contribution in [3.63, 3.8) is 0 Å². The standard InChI is InChI=1S/C58H95N2O6P/c1-6-8-10-12-13-14-15-16-17-18-19-20-21-22-23-24-25-26-27-28-29-30-31-32-33-34-35-36-37-38-39-40-41-42-43-44-45-46-47-48-50-52-58(62)59-56(57(61)51-49-11-9-7-2)55-66-67(63,64)65-54-53-60(3,4)5/h8,10,13-14,16-17,19-20,22-23,25-26,28-29,31-32,34-35,37-38,40-41,43-44,56-57,61H,6-7,9,11-12,15,18,21,24,27,30,33,36,39,42,45-55H2,1-5H3,(H-,59,62,63,64)/b10-8-,14-13-,17-16-,20-19-,23-22-,26-25-,29-28-,32-31-,35-34-,38-37-,41-40-,44-43-. The molecule has 0 aromatic heterocycles. The Morgan fingerprint density at radius 3 is 1.30 bits per heavy atom. The van der Waals surface area contributed by atoms with E-state index in [0.717, 1.165) is 135 Å². The van der Waals surface area contributed by atoms with E-state index in [2.05, 4.69) is 165 Å². The largest absolute Gasteiger partial charge is 0.756 e. The number of hydrogen-bond donors (Lipinski definition) is 2. The van der Waals surface area contributed by atoms with E-state index in [9.17, 15) is 19.4 Å². The maximum absolute atomic E-state index is 12.7. The molecule has 0 heterocycles. The van der Waals surface area contributed by atoms with Crippen molar-refractivity contribution in [2.24, 2.45) is 0 Å². The van der Waals surface area contributed by atoms with Gasteiger partial charge in [0.2, 0.25) is 5.91 Å². The second-order valence-electron chi connectivity index (χ2n) is 17.8. The number of aliphatic hydroxyl groups excluding tert-OH is 1. The van der Waals surface area contributed by atoms with Gasteiger partial charge in [-0.3, -0.25) is 9.36 Å². The number of likely N-dealkylation sites (N-methyl/N-ethyl adjacent to an activating group) is 1. The Morgan fingerprint density at radius 1 is 0.537 bits per heavy atom. The van der Waals surface area contributed by atoms with Gasteiger partial charge in [-0.05, 0) is 103 Å². The third-order valence-electron chi connectivity index (χ3n) is 10.3. The molecule has 3 unspecified atom stereocenters. The number of phosphoric acid groups is 1. The molecule has 0 bridgehead atoms. The van der Waals surface area contributed by atoms with Gasteiger partial charge in [0.15, 0.2) is 0 Å². The first-order valence-corrected chi connectivity index (χ1v) is 27.1. The van der Waals surface area contributed by atoms with Crippen molar-refractivity contribution in [1.29, 1.82) is 0 Å². The molecule has 0 spiro atoms. The Labute approximate surface area is 410 Å². The zero-order valence-electron chi connectivity index (χ0n) is 42.8. The molecular formula is C58H95N2O6P. The van der Waals surface area contributed by atoms with Gasteiger partial charge in [0.25, 0.3) is 7.82 Å². The zero-order valence-corrected chi connectivity index (χ0v) is 43.7. The van der Waals surface area contributed by atoms with Crippen LogP contribution in [0.5, 0.6) is 0 Å². The van der Waals surface area contributed by atoms with Crippen LogP contribution < -0.4 is 10.2 Å². The molecule has 0 saturated heterocycles. The van der Waals surface area contributed by atoms with Crippen molar-refractivity contribution >= 4 is 13.7 Å². The van der Waals surface area contributed by atoms with Crippen LogP contribution in [0, 0.1) is 0 Å². The fourth-order valence-corrected chi connectivity index (χ4v) is 7.03. The van der Waals surface area contributed by atoms with Crippen LogP contribution in [0.3, 0.4) is 0 Å². The summed E-state index contributed by atoms with van der Waals surface area (Å²) in [6.07, 6.45) is 73.8. The lowest BCUT2D eigenvalue weighted by molar-refractivity contribution is -0.870. The zero-order chi connectivity index (χ0) is 49.2. The number of amides is 1. The van der Waals surface area contributed by atoms with Crippen LogP contribution in [0.2, 0.25) is 0 Å². The van der Waals surface area contributed by atoms with E-state index in [-0.39, 0.29) is 19.1 Å². The van der Waals surface area contributed by atoms with Gasteiger partial charge >= 0.3 is 0 Å². The predicted molar refractivity (Wildman–Crippen MR) is 288 cm³/mol. The number of carbonyl (C=O) groups excluding carboxylic acids is 1. The molecule has 0 rings (SSSR count). The fraction of sp³-hybridized carbons (Fsp3) is 0.569. The van der Waals surface area contributed by atoms with Crippen LogP contribution in [-0.2, 0) is 18.4 Å². The van der Waals surface area contributed by atoms with Crippen LogP contribution >= 0.6 is 7.82 Å². The van der Waals surface area contributed by atoms with Crippen molar-refractivity contribution < 1.29 is 32.9 Å². The third kappa shape index (κ3) is 50.1. The first-order valence-electron chi connectivity index (χ1n) is 25.7. The Hall–Kier alpha value is -3.62. The Balaban J connectivity index is 4.00. The van der Waals surface area contributed by atoms with Gasteiger partial charge < -0.3 is 28.8 Å². The molecule has 2 N–H and O–H groups in total. The summed E-state index contributed by atoms with van der Waals surface area (Å²) in [6.45, 7) is 4.41. The maximum Gasteiger partial charge on any atom is 0.268 e. The van der Waals surface area contributed by atoms with Crippen molar-refractivity contribution in [3.05, 3.63) is 146 Å². The number of aliphatic hydroxyl groups is 1. The van der Waals surface area contributed by atoms with E-state index in [4.69, 9.17) is 9.05 Å². The van der Waals surface area contributed by atoms with Gasteiger partial charge in [-0.15, -0.1) is 0 Å². The number of quaternary nitrogens is 1. The maximum atomic E-state index is 12.7.